The summed E-state index contributed by atoms with van der Waals surface area (Å²) in [6.45, 7) is 0. The van der Waals surface area contributed by atoms with E-state index >= 15 is 0 Å². The van der Waals surface area contributed by atoms with Crippen molar-refractivity contribution >= 4 is 33.8 Å². The van der Waals surface area contributed by atoms with E-state index in [1.807, 2.05) is 18.2 Å². The molecule has 3 heterocycles. The van der Waals surface area contributed by atoms with Crippen LogP contribution in [0.1, 0.15) is 24.8 Å². The molecule has 4 nitrogen and oxygen atoms in total. The van der Waals surface area contributed by atoms with Gasteiger partial charge >= 0.3 is 0 Å². The van der Waals surface area contributed by atoms with E-state index in [-0.39, 0.29) is 0 Å². The summed E-state index contributed by atoms with van der Waals surface area (Å²) in [5.41, 5.74) is 8.63. The molecule has 5 heteroatoms. The van der Waals surface area contributed by atoms with Crippen LogP contribution in [0.25, 0.3) is 10.9 Å². The number of nitrogens with one attached hydrogen (secondary N) is 1. The number of nitrogens with zero attached hydrogens (tertiary/aromatic N) is 1. The molecule has 0 aliphatic carbocycles. The van der Waals surface area contributed by atoms with Gasteiger partial charge in [-0.05, 0) is 25.3 Å². The minimum Gasteiger partial charge on any atom is -0.389 e. The molecule has 2 fully saturated rings. The van der Waals surface area contributed by atoms with E-state index in [0.717, 1.165) is 35.0 Å². The Hall–Kier alpha value is -1.72. The van der Waals surface area contributed by atoms with Crippen LogP contribution in [0.3, 0.4) is 0 Å². The predicted octanol–water partition coefficient (Wildman–Crippen LogP) is 2.60. The summed E-state index contributed by atoms with van der Waals surface area (Å²) in [5.74, 6) is 0. The number of anilines is 1. The van der Waals surface area contributed by atoms with Crippen molar-refractivity contribution in [3.05, 3.63) is 36.0 Å². The van der Waals surface area contributed by atoms with Crippen molar-refractivity contribution in [2.75, 3.05) is 5.32 Å². The third kappa shape index (κ3) is 2.17. The van der Waals surface area contributed by atoms with Gasteiger partial charge in [-0.2, -0.15) is 0 Å². The lowest BCUT2D eigenvalue weighted by atomic mass is 9.94. The first kappa shape index (κ1) is 13.0. The number of benzene rings is 1. The smallest absolute Gasteiger partial charge is 0.107 e. The molecule has 0 radical (unpaired) electrons. The van der Waals surface area contributed by atoms with Crippen LogP contribution < -0.4 is 11.1 Å². The first-order chi connectivity index (χ1) is 10.2. The van der Waals surface area contributed by atoms with E-state index in [4.69, 9.17) is 22.7 Å². The first-order valence-electron chi connectivity index (χ1n) is 7.32. The molecule has 108 valence electrons. The monoisotopic (exact) mass is 299 g/mol. The molecular weight excluding hydrogens is 282 g/mol. The number of hydrogen-bond acceptors (Lipinski definition) is 4. The molecule has 2 aromatic rings. The zero-order chi connectivity index (χ0) is 14.4. The van der Waals surface area contributed by atoms with E-state index in [1.165, 1.54) is 6.42 Å². The summed E-state index contributed by atoms with van der Waals surface area (Å²) in [6.07, 6.45) is 5.85. The second-order valence-electron chi connectivity index (χ2n) is 5.79. The van der Waals surface area contributed by atoms with E-state index in [9.17, 15) is 0 Å². The van der Waals surface area contributed by atoms with E-state index < -0.39 is 0 Å². The van der Waals surface area contributed by atoms with E-state index in [1.54, 1.807) is 6.20 Å². The normalized spacial score (nSPS) is 27.1. The molecule has 0 amide bonds. The van der Waals surface area contributed by atoms with Gasteiger partial charge in [-0.3, -0.25) is 4.98 Å². The van der Waals surface area contributed by atoms with Gasteiger partial charge in [0.05, 0.1) is 35.0 Å². The Morgan fingerprint density at radius 3 is 2.90 bits per heavy atom. The molecule has 3 unspecified atom stereocenters. The summed E-state index contributed by atoms with van der Waals surface area (Å²) < 4.78 is 5.93. The third-order valence-corrected chi connectivity index (χ3v) is 4.70. The van der Waals surface area contributed by atoms with Gasteiger partial charge in [0.25, 0.3) is 0 Å². The third-order valence-electron chi connectivity index (χ3n) is 4.48. The van der Waals surface area contributed by atoms with Crippen LogP contribution in [-0.2, 0) is 4.74 Å². The lowest BCUT2D eigenvalue weighted by Crippen LogP contribution is -2.31. The van der Waals surface area contributed by atoms with Crippen LogP contribution in [0.2, 0.25) is 0 Å². The highest BCUT2D eigenvalue weighted by atomic mass is 32.1. The molecule has 2 bridgehead atoms. The molecule has 3 atom stereocenters. The maximum atomic E-state index is 5.93. The fraction of sp³-hybridized carbons (Fsp3) is 0.375. The second kappa shape index (κ2) is 4.93. The lowest BCUT2D eigenvalue weighted by molar-refractivity contribution is 0.102. The molecule has 0 spiro atoms. The topological polar surface area (TPSA) is 60.2 Å². The van der Waals surface area contributed by atoms with Gasteiger partial charge in [0, 0.05) is 11.6 Å². The van der Waals surface area contributed by atoms with Gasteiger partial charge in [0.1, 0.15) is 4.99 Å². The molecule has 21 heavy (non-hydrogen) atoms. The summed E-state index contributed by atoms with van der Waals surface area (Å²) in [5, 5.41) is 4.69. The zero-order valence-electron chi connectivity index (χ0n) is 11.6. The Morgan fingerprint density at radius 2 is 2.19 bits per heavy atom. The molecular formula is C16H17N3OS. The molecule has 1 aromatic carbocycles. The van der Waals surface area contributed by atoms with Gasteiger partial charge in [-0.25, -0.2) is 0 Å². The van der Waals surface area contributed by atoms with E-state index in [0.29, 0.717) is 23.2 Å². The number of fused-ring (bicyclic) bond motifs is 3. The number of aromatic nitrogens is 1. The van der Waals surface area contributed by atoms with Crippen molar-refractivity contribution in [2.45, 2.75) is 37.5 Å². The van der Waals surface area contributed by atoms with Crippen molar-refractivity contribution < 1.29 is 4.74 Å². The molecule has 0 saturated carbocycles. The van der Waals surface area contributed by atoms with Crippen molar-refractivity contribution in [1.82, 2.24) is 4.98 Å². The molecule has 4 rings (SSSR count). The first-order valence-corrected chi connectivity index (χ1v) is 7.73. The average Bonchev–Trinajstić information content (AvgIpc) is 3.10. The molecule has 2 aliphatic heterocycles. The summed E-state index contributed by atoms with van der Waals surface area (Å²) in [4.78, 5) is 4.82. The van der Waals surface area contributed by atoms with Crippen LogP contribution >= 0.6 is 12.2 Å². The van der Waals surface area contributed by atoms with Crippen LogP contribution in [0.4, 0.5) is 5.69 Å². The second-order valence-corrected chi connectivity index (χ2v) is 6.23. The van der Waals surface area contributed by atoms with Gasteiger partial charge in [-0.1, -0.05) is 30.4 Å². The van der Waals surface area contributed by atoms with Crippen LogP contribution in [0.15, 0.2) is 30.5 Å². The summed E-state index contributed by atoms with van der Waals surface area (Å²) >= 11 is 5.19. The fourth-order valence-corrected chi connectivity index (χ4v) is 3.61. The number of thiocarbonyl (C=S) groups is 1. The van der Waals surface area contributed by atoms with Gasteiger partial charge in [0.2, 0.25) is 0 Å². The summed E-state index contributed by atoms with van der Waals surface area (Å²) in [6, 6.07) is 8.39. The van der Waals surface area contributed by atoms with Crippen molar-refractivity contribution in [1.29, 1.82) is 0 Å². The minimum atomic E-state index is 0.307. The Morgan fingerprint density at radius 1 is 1.33 bits per heavy atom. The highest BCUT2D eigenvalue weighted by Crippen LogP contribution is 2.37. The zero-order valence-corrected chi connectivity index (χ0v) is 12.4. The average molecular weight is 299 g/mol. The number of ether oxygens (including phenoxy) is 1. The quantitative estimate of drug-likeness (QED) is 0.853. The highest BCUT2D eigenvalue weighted by molar-refractivity contribution is 7.80. The number of pyridine rings is 1. The number of para-hydroxylation sites is 1. The molecule has 1 aromatic heterocycles. The van der Waals surface area contributed by atoms with Crippen LogP contribution in [0.5, 0.6) is 0 Å². The van der Waals surface area contributed by atoms with Crippen LogP contribution in [-0.4, -0.2) is 28.2 Å². The molecule has 3 N–H and O–H groups in total. The Bertz CT molecular complexity index is 718. The van der Waals surface area contributed by atoms with Gasteiger partial charge in [0.15, 0.2) is 0 Å². The number of rotatable bonds is 3. The number of hydrogen-bond donors (Lipinski definition) is 2. The summed E-state index contributed by atoms with van der Waals surface area (Å²) in [7, 11) is 0. The van der Waals surface area contributed by atoms with Crippen molar-refractivity contribution in [2.24, 2.45) is 5.73 Å². The maximum Gasteiger partial charge on any atom is 0.107 e. The molecule has 2 aliphatic rings. The van der Waals surface area contributed by atoms with Crippen molar-refractivity contribution in [3.8, 4) is 0 Å². The Labute approximate surface area is 128 Å². The predicted molar refractivity (Wildman–Crippen MR) is 87.6 cm³/mol. The Kier molecular flexibility index (Phi) is 3.05. The maximum absolute atomic E-state index is 5.93. The largest absolute Gasteiger partial charge is 0.389 e. The van der Waals surface area contributed by atoms with Gasteiger partial charge in [-0.15, -0.1) is 0 Å². The Balaban J connectivity index is 1.78. The van der Waals surface area contributed by atoms with Crippen LogP contribution in [0, 0.1) is 0 Å². The number of nitrogens with two attached hydrogens (primary N) is 1. The SMILES string of the molecule is NC(=S)c1cnc2ccccc2c1NC1CC2CCC1O2. The fourth-order valence-electron chi connectivity index (χ4n) is 3.46. The van der Waals surface area contributed by atoms with E-state index in [2.05, 4.69) is 16.4 Å². The lowest BCUT2D eigenvalue weighted by Gasteiger charge is -2.23. The highest BCUT2D eigenvalue weighted by Gasteiger charge is 2.41. The standard InChI is InChI=1S/C16H17N3OS/c17-16(21)11-8-18-12-4-2-1-3-10(12)15(11)19-13-7-9-5-6-14(13)20-9/h1-4,8-9,13-14H,5-7H2,(H2,17,21)(H,18,19). The van der Waals surface area contributed by atoms with Gasteiger partial charge < -0.3 is 15.8 Å². The minimum absolute atomic E-state index is 0.307. The molecule has 2 saturated heterocycles. The van der Waals surface area contributed by atoms with Crippen molar-refractivity contribution in [3.63, 3.8) is 0 Å².